The lowest BCUT2D eigenvalue weighted by atomic mass is 10.0. The second-order valence-corrected chi connectivity index (χ2v) is 6.34. The minimum Gasteiger partial charge on any atom is -0.321 e. The predicted molar refractivity (Wildman–Crippen MR) is 97.5 cm³/mol. The lowest BCUT2D eigenvalue weighted by Gasteiger charge is -2.07. The second-order valence-electron chi connectivity index (χ2n) is 5.90. The molecule has 0 radical (unpaired) electrons. The maximum Gasteiger partial charge on any atom is 0.273 e. The normalized spacial score (nSPS) is 10.8. The lowest BCUT2D eigenvalue weighted by Crippen LogP contribution is -2.12. The van der Waals surface area contributed by atoms with Gasteiger partial charge in [-0.15, -0.1) is 0 Å². The van der Waals surface area contributed by atoms with Gasteiger partial charge in [0.15, 0.2) is 0 Å². The molecule has 0 aliphatic rings. The molecule has 0 saturated carbocycles. The third kappa shape index (κ3) is 3.66. The summed E-state index contributed by atoms with van der Waals surface area (Å²) in [5.74, 6) is 0.240. The van der Waals surface area contributed by atoms with Crippen molar-refractivity contribution in [2.75, 3.05) is 5.32 Å². The number of hydrogen-bond donors (Lipinski definition) is 2. The minimum absolute atomic E-state index is 0.222. The van der Waals surface area contributed by atoms with Crippen LogP contribution in [0.2, 0.25) is 5.02 Å². The molecule has 4 nitrogen and oxygen atoms in total. The number of hydrogen-bond acceptors (Lipinski definition) is 2. The molecule has 24 heavy (non-hydrogen) atoms. The van der Waals surface area contributed by atoms with Crippen molar-refractivity contribution in [2.45, 2.75) is 19.8 Å². The molecule has 0 spiro atoms. The summed E-state index contributed by atoms with van der Waals surface area (Å²) in [6, 6.07) is 16.9. The fourth-order valence-electron chi connectivity index (χ4n) is 2.36. The van der Waals surface area contributed by atoms with Gasteiger partial charge < -0.3 is 5.32 Å². The van der Waals surface area contributed by atoms with Crippen LogP contribution in [0.1, 0.15) is 35.8 Å². The highest BCUT2D eigenvalue weighted by molar-refractivity contribution is 6.30. The van der Waals surface area contributed by atoms with E-state index in [1.54, 1.807) is 18.2 Å². The summed E-state index contributed by atoms with van der Waals surface area (Å²) in [6.45, 7) is 4.27. The third-order valence-electron chi connectivity index (χ3n) is 3.80. The van der Waals surface area contributed by atoms with Crippen LogP contribution < -0.4 is 5.32 Å². The quantitative estimate of drug-likeness (QED) is 0.694. The van der Waals surface area contributed by atoms with Gasteiger partial charge in [-0.3, -0.25) is 9.89 Å². The van der Waals surface area contributed by atoms with E-state index >= 15 is 0 Å². The highest BCUT2D eigenvalue weighted by Crippen LogP contribution is 2.21. The largest absolute Gasteiger partial charge is 0.321 e. The van der Waals surface area contributed by atoms with Gasteiger partial charge in [0.05, 0.1) is 5.69 Å². The molecule has 0 fully saturated rings. The molecule has 1 heterocycles. The van der Waals surface area contributed by atoms with Crippen molar-refractivity contribution in [2.24, 2.45) is 0 Å². The Morgan fingerprint density at radius 2 is 1.75 bits per heavy atom. The van der Waals surface area contributed by atoms with Crippen LogP contribution in [-0.2, 0) is 0 Å². The van der Waals surface area contributed by atoms with E-state index in [0.717, 1.165) is 11.3 Å². The number of aromatic amines is 1. The first-order chi connectivity index (χ1) is 11.5. The molecule has 0 bridgehead atoms. The smallest absolute Gasteiger partial charge is 0.273 e. The van der Waals surface area contributed by atoms with E-state index in [-0.39, 0.29) is 5.91 Å². The first-order valence-electron chi connectivity index (χ1n) is 7.75. The predicted octanol–water partition coefficient (Wildman–Crippen LogP) is 5.11. The van der Waals surface area contributed by atoms with Gasteiger partial charge in [-0.05, 0) is 41.8 Å². The van der Waals surface area contributed by atoms with Gasteiger partial charge in [0, 0.05) is 16.3 Å². The molecule has 122 valence electrons. The van der Waals surface area contributed by atoms with Crippen molar-refractivity contribution < 1.29 is 4.79 Å². The lowest BCUT2D eigenvalue weighted by molar-refractivity contribution is 0.102. The molecule has 1 aromatic heterocycles. The highest BCUT2D eigenvalue weighted by Gasteiger charge is 2.11. The SMILES string of the molecule is CC(C)c1ccc(NC(=O)c2cc(-c3ccc(Cl)cc3)n[nH]2)cc1. The number of benzene rings is 2. The number of halogens is 1. The number of carbonyl (C=O) groups excluding carboxylic acids is 1. The van der Waals surface area contributed by atoms with Crippen molar-refractivity contribution in [3.8, 4) is 11.3 Å². The first-order valence-corrected chi connectivity index (χ1v) is 8.13. The highest BCUT2D eigenvalue weighted by atomic mass is 35.5. The van der Waals surface area contributed by atoms with E-state index < -0.39 is 0 Å². The van der Waals surface area contributed by atoms with Crippen molar-refractivity contribution >= 4 is 23.2 Å². The van der Waals surface area contributed by atoms with Crippen molar-refractivity contribution in [3.63, 3.8) is 0 Å². The van der Waals surface area contributed by atoms with Crippen molar-refractivity contribution in [1.29, 1.82) is 0 Å². The Bertz CT molecular complexity index is 836. The number of rotatable bonds is 4. The number of nitrogens with one attached hydrogen (secondary N) is 2. The minimum atomic E-state index is -0.222. The van der Waals surface area contributed by atoms with E-state index in [1.165, 1.54) is 5.56 Å². The molecule has 0 aliphatic heterocycles. The van der Waals surface area contributed by atoms with Crippen LogP contribution in [0.5, 0.6) is 0 Å². The zero-order valence-electron chi connectivity index (χ0n) is 13.5. The molecule has 0 unspecified atom stereocenters. The molecule has 0 aliphatic carbocycles. The number of nitrogens with zero attached hydrogens (tertiary/aromatic N) is 1. The van der Waals surface area contributed by atoms with Crippen LogP contribution in [0, 0.1) is 0 Å². The molecule has 5 heteroatoms. The van der Waals surface area contributed by atoms with Gasteiger partial charge in [-0.1, -0.05) is 49.7 Å². The Labute approximate surface area is 145 Å². The average Bonchev–Trinajstić information content (AvgIpc) is 3.06. The third-order valence-corrected chi connectivity index (χ3v) is 4.05. The Morgan fingerprint density at radius 3 is 2.38 bits per heavy atom. The van der Waals surface area contributed by atoms with Gasteiger partial charge in [0.1, 0.15) is 5.69 Å². The molecule has 0 atom stereocenters. The molecule has 2 N–H and O–H groups in total. The number of amides is 1. The summed E-state index contributed by atoms with van der Waals surface area (Å²) in [6.07, 6.45) is 0. The maximum atomic E-state index is 12.3. The van der Waals surface area contributed by atoms with E-state index in [2.05, 4.69) is 29.4 Å². The molecular formula is C19H18ClN3O. The summed E-state index contributed by atoms with van der Waals surface area (Å²) < 4.78 is 0. The second kappa shape index (κ2) is 6.89. The first kappa shape index (κ1) is 16.3. The molecule has 3 aromatic rings. The summed E-state index contributed by atoms with van der Waals surface area (Å²) in [7, 11) is 0. The number of carbonyl (C=O) groups is 1. The standard InChI is InChI=1S/C19H18ClN3O/c1-12(2)13-5-9-16(10-6-13)21-19(24)18-11-17(22-23-18)14-3-7-15(20)8-4-14/h3-12H,1-2H3,(H,21,24)(H,22,23). The molecular weight excluding hydrogens is 322 g/mol. The Balaban J connectivity index is 1.72. The average molecular weight is 340 g/mol. The monoisotopic (exact) mass is 339 g/mol. The fraction of sp³-hybridized carbons (Fsp3) is 0.158. The van der Waals surface area contributed by atoms with Crippen LogP contribution in [0.15, 0.2) is 54.6 Å². The van der Waals surface area contributed by atoms with Crippen molar-refractivity contribution in [1.82, 2.24) is 10.2 Å². The zero-order chi connectivity index (χ0) is 17.1. The van der Waals surface area contributed by atoms with Gasteiger partial charge in [0.25, 0.3) is 5.91 Å². The molecule has 1 amide bonds. The van der Waals surface area contributed by atoms with Gasteiger partial charge in [-0.2, -0.15) is 5.10 Å². The molecule has 2 aromatic carbocycles. The van der Waals surface area contributed by atoms with Crippen molar-refractivity contribution in [3.05, 3.63) is 70.9 Å². The summed E-state index contributed by atoms with van der Waals surface area (Å²) in [5, 5.41) is 10.5. The van der Waals surface area contributed by atoms with Gasteiger partial charge in [0.2, 0.25) is 0 Å². The fourth-order valence-corrected chi connectivity index (χ4v) is 2.48. The molecule has 3 rings (SSSR count). The topological polar surface area (TPSA) is 57.8 Å². The Kier molecular flexibility index (Phi) is 4.67. The van der Waals surface area contributed by atoms with Crippen LogP contribution in [0.25, 0.3) is 11.3 Å². The van der Waals surface area contributed by atoms with Crippen LogP contribution in [0.3, 0.4) is 0 Å². The number of H-pyrrole nitrogens is 1. The zero-order valence-corrected chi connectivity index (χ0v) is 14.3. The van der Waals surface area contributed by atoms with E-state index in [0.29, 0.717) is 22.3 Å². The van der Waals surface area contributed by atoms with Crippen LogP contribution in [0.4, 0.5) is 5.69 Å². The summed E-state index contributed by atoms with van der Waals surface area (Å²) >= 11 is 5.88. The molecule has 0 saturated heterocycles. The van der Waals surface area contributed by atoms with E-state index in [9.17, 15) is 4.79 Å². The number of anilines is 1. The van der Waals surface area contributed by atoms with Gasteiger partial charge >= 0.3 is 0 Å². The number of aromatic nitrogens is 2. The Hall–Kier alpha value is -2.59. The maximum absolute atomic E-state index is 12.3. The summed E-state index contributed by atoms with van der Waals surface area (Å²) in [4.78, 5) is 12.3. The Morgan fingerprint density at radius 1 is 1.08 bits per heavy atom. The van der Waals surface area contributed by atoms with E-state index in [1.807, 2.05) is 36.4 Å². The summed E-state index contributed by atoms with van der Waals surface area (Å²) in [5.41, 5.74) is 4.00. The van der Waals surface area contributed by atoms with E-state index in [4.69, 9.17) is 11.6 Å². The van der Waals surface area contributed by atoms with Gasteiger partial charge in [-0.25, -0.2) is 0 Å². The van der Waals surface area contributed by atoms with Crippen LogP contribution in [-0.4, -0.2) is 16.1 Å². The van der Waals surface area contributed by atoms with Crippen LogP contribution >= 0.6 is 11.6 Å².